The number of nitrogens with one attached hydrogen (secondary N) is 1. The van der Waals surface area contributed by atoms with E-state index in [1.54, 1.807) is 52.8 Å². The van der Waals surface area contributed by atoms with E-state index in [0.717, 1.165) is 19.3 Å². The second-order valence-electron chi connectivity index (χ2n) is 7.14. The van der Waals surface area contributed by atoms with E-state index in [2.05, 4.69) is 5.32 Å². The van der Waals surface area contributed by atoms with Crippen LogP contribution in [0, 0.1) is 0 Å². The molecule has 0 radical (unpaired) electrons. The van der Waals surface area contributed by atoms with E-state index >= 15 is 0 Å². The van der Waals surface area contributed by atoms with Crippen molar-refractivity contribution < 1.29 is 17.9 Å². The van der Waals surface area contributed by atoms with Crippen molar-refractivity contribution in [3.8, 4) is 5.75 Å². The van der Waals surface area contributed by atoms with Crippen molar-refractivity contribution in [1.29, 1.82) is 0 Å². The highest BCUT2D eigenvalue weighted by molar-refractivity contribution is 7.89. The molecule has 7 heteroatoms. The van der Waals surface area contributed by atoms with E-state index in [9.17, 15) is 13.2 Å². The lowest BCUT2D eigenvalue weighted by Gasteiger charge is -2.37. The molecule has 150 valence electrons. The Hall–Kier alpha value is -2.38. The smallest absolute Gasteiger partial charge is 0.259 e. The van der Waals surface area contributed by atoms with Crippen LogP contribution in [0.4, 0.5) is 5.69 Å². The monoisotopic (exact) mass is 402 g/mol. The Morgan fingerprint density at radius 3 is 2.25 bits per heavy atom. The van der Waals surface area contributed by atoms with E-state index in [-0.39, 0.29) is 22.9 Å². The van der Waals surface area contributed by atoms with Crippen LogP contribution < -0.4 is 10.1 Å². The van der Waals surface area contributed by atoms with Crippen molar-refractivity contribution in [2.75, 3.05) is 12.4 Å². The average Bonchev–Trinajstić information content (AvgIpc) is 2.68. The van der Waals surface area contributed by atoms with Crippen molar-refractivity contribution in [1.82, 2.24) is 4.31 Å². The van der Waals surface area contributed by atoms with E-state index < -0.39 is 10.0 Å². The van der Waals surface area contributed by atoms with Crippen LogP contribution in [0.1, 0.15) is 43.5 Å². The van der Waals surface area contributed by atoms with Crippen LogP contribution >= 0.6 is 0 Å². The maximum absolute atomic E-state index is 13.1. The number of ether oxygens (including phenoxy) is 1. The number of methoxy groups -OCH3 is 1. The van der Waals surface area contributed by atoms with Gasteiger partial charge in [0.05, 0.1) is 17.6 Å². The van der Waals surface area contributed by atoms with Crippen LogP contribution in [-0.2, 0) is 10.0 Å². The summed E-state index contributed by atoms with van der Waals surface area (Å²) in [6.07, 6.45) is 2.79. The van der Waals surface area contributed by atoms with Gasteiger partial charge in [0.25, 0.3) is 5.91 Å². The van der Waals surface area contributed by atoms with Gasteiger partial charge in [-0.15, -0.1) is 0 Å². The number of para-hydroxylation sites is 1. The predicted molar refractivity (Wildman–Crippen MR) is 109 cm³/mol. The van der Waals surface area contributed by atoms with E-state index in [1.165, 1.54) is 7.11 Å². The van der Waals surface area contributed by atoms with Gasteiger partial charge in [-0.3, -0.25) is 4.79 Å². The Balaban J connectivity index is 1.79. The van der Waals surface area contributed by atoms with Crippen molar-refractivity contribution in [2.45, 2.75) is 50.1 Å². The number of carbonyl (C=O) groups excluding carboxylic acids is 1. The Morgan fingerprint density at radius 2 is 1.64 bits per heavy atom. The van der Waals surface area contributed by atoms with Crippen LogP contribution in [0.3, 0.4) is 0 Å². The van der Waals surface area contributed by atoms with Crippen LogP contribution in [0.15, 0.2) is 53.4 Å². The molecule has 1 saturated heterocycles. The molecule has 0 saturated carbocycles. The molecule has 0 aromatic heterocycles. The molecular weight excluding hydrogens is 376 g/mol. The molecule has 0 spiro atoms. The topological polar surface area (TPSA) is 75.7 Å². The van der Waals surface area contributed by atoms with Gasteiger partial charge in [0.15, 0.2) is 0 Å². The number of anilines is 1. The molecule has 1 aliphatic heterocycles. The third-order valence-corrected chi connectivity index (χ3v) is 7.29. The standard InChI is InChI=1S/C21H26N2O4S/c1-15-7-6-8-16(2)23(15)28(25,26)18-13-11-17(12-14-18)22-21(24)19-9-4-5-10-20(19)27-3/h4-5,9-16H,6-8H2,1-3H3,(H,22,24). The lowest BCUT2D eigenvalue weighted by Crippen LogP contribution is -2.47. The number of carbonyl (C=O) groups is 1. The highest BCUT2D eigenvalue weighted by Gasteiger charge is 2.35. The van der Waals surface area contributed by atoms with Crippen molar-refractivity contribution >= 4 is 21.6 Å². The van der Waals surface area contributed by atoms with Gasteiger partial charge in [-0.2, -0.15) is 4.31 Å². The zero-order valence-electron chi connectivity index (χ0n) is 16.4. The summed E-state index contributed by atoms with van der Waals surface area (Å²) in [5, 5.41) is 2.78. The molecule has 28 heavy (non-hydrogen) atoms. The van der Waals surface area contributed by atoms with E-state index in [0.29, 0.717) is 17.0 Å². The van der Waals surface area contributed by atoms with E-state index in [1.807, 2.05) is 13.8 Å². The van der Waals surface area contributed by atoms with Gasteiger partial charge >= 0.3 is 0 Å². The molecule has 3 rings (SSSR count). The lowest BCUT2D eigenvalue weighted by molar-refractivity contribution is 0.102. The summed E-state index contributed by atoms with van der Waals surface area (Å²) in [6.45, 7) is 3.91. The summed E-state index contributed by atoms with van der Waals surface area (Å²) in [4.78, 5) is 12.7. The SMILES string of the molecule is COc1ccccc1C(=O)Nc1ccc(S(=O)(=O)N2C(C)CCCC2C)cc1. The average molecular weight is 403 g/mol. The highest BCUT2D eigenvalue weighted by Crippen LogP contribution is 2.30. The normalized spacial score (nSPS) is 20.5. The first-order chi connectivity index (χ1) is 13.3. The number of rotatable bonds is 5. The highest BCUT2D eigenvalue weighted by atomic mass is 32.2. The van der Waals surface area contributed by atoms with Gasteiger partial charge in [-0.05, 0) is 63.1 Å². The van der Waals surface area contributed by atoms with Crippen LogP contribution in [0.2, 0.25) is 0 Å². The van der Waals surface area contributed by atoms with Gasteiger partial charge in [0.1, 0.15) is 5.75 Å². The van der Waals surface area contributed by atoms with Gasteiger partial charge in [0, 0.05) is 17.8 Å². The first kappa shape index (κ1) is 20.4. The number of nitrogens with zero attached hydrogens (tertiary/aromatic N) is 1. The molecule has 2 atom stereocenters. The summed E-state index contributed by atoms with van der Waals surface area (Å²) in [7, 11) is -2.06. The van der Waals surface area contributed by atoms with Gasteiger partial charge in [-0.1, -0.05) is 18.6 Å². The molecule has 0 aliphatic carbocycles. The third-order valence-electron chi connectivity index (χ3n) is 5.15. The molecule has 2 aromatic carbocycles. The molecule has 2 aromatic rings. The minimum Gasteiger partial charge on any atom is -0.496 e. The number of sulfonamides is 1. The van der Waals surface area contributed by atoms with E-state index in [4.69, 9.17) is 4.74 Å². The fourth-order valence-electron chi connectivity index (χ4n) is 3.73. The number of piperidine rings is 1. The quantitative estimate of drug-likeness (QED) is 0.823. The van der Waals surface area contributed by atoms with Crippen LogP contribution in [0.5, 0.6) is 5.75 Å². The number of hydrogen-bond donors (Lipinski definition) is 1. The first-order valence-electron chi connectivity index (χ1n) is 9.42. The Morgan fingerprint density at radius 1 is 1.04 bits per heavy atom. The Labute approximate surface area is 166 Å². The molecule has 6 nitrogen and oxygen atoms in total. The minimum absolute atomic E-state index is 0.0151. The third kappa shape index (κ3) is 4.05. The lowest BCUT2D eigenvalue weighted by atomic mass is 10.0. The van der Waals surface area contributed by atoms with Crippen molar-refractivity contribution in [3.63, 3.8) is 0 Å². The molecule has 1 amide bonds. The number of benzene rings is 2. The summed E-state index contributed by atoms with van der Waals surface area (Å²) in [5.41, 5.74) is 0.937. The predicted octanol–water partition coefficient (Wildman–Crippen LogP) is 3.90. The zero-order valence-corrected chi connectivity index (χ0v) is 17.2. The molecule has 1 fully saturated rings. The Kier molecular flexibility index (Phi) is 6.05. The second kappa shape index (κ2) is 8.32. The molecule has 1 heterocycles. The first-order valence-corrected chi connectivity index (χ1v) is 10.9. The summed E-state index contributed by atoms with van der Waals surface area (Å²) < 4.78 is 33.0. The largest absolute Gasteiger partial charge is 0.496 e. The fraction of sp³-hybridized carbons (Fsp3) is 0.381. The maximum Gasteiger partial charge on any atom is 0.259 e. The summed E-state index contributed by atoms with van der Waals surface area (Å²) in [6, 6.07) is 13.2. The zero-order chi connectivity index (χ0) is 20.3. The van der Waals surface area contributed by atoms with Crippen molar-refractivity contribution in [3.05, 3.63) is 54.1 Å². The minimum atomic E-state index is -3.57. The van der Waals surface area contributed by atoms with Crippen LogP contribution in [-0.4, -0.2) is 37.8 Å². The van der Waals surface area contributed by atoms with Crippen molar-refractivity contribution in [2.24, 2.45) is 0 Å². The molecule has 1 aliphatic rings. The van der Waals surface area contributed by atoms with Crippen LogP contribution in [0.25, 0.3) is 0 Å². The van der Waals surface area contributed by atoms with Gasteiger partial charge in [0.2, 0.25) is 10.0 Å². The maximum atomic E-state index is 13.1. The summed E-state index contributed by atoms with van der Waals surface area (Å²) >= 11 is 0. The molecule has 0 bridgehead atoms. The second-order valence-corrected chi connectivity index (χ2v) is 8.99. The molecule has 1 N–H and O–H groups in total. The number of hydrogen-bond acceptors (Lipinski definition) is 4. The summed E-state index contributed by atoms with van der Waals surface area (Å²) in [5.74, 6) is 0.165. The molecule has 2 unspecified atom stereocenters. The molecular formula is C21H26N2O4S. The van der Waals surface area contributed by atoms with Gasteiger partial charge in [-0.25, -0.2) is 8.42 Å². The Bertz CT molecular complexity index is 931. The van der Waals surface area contributed by atoms with Gasteiger partial charge < -0.3 is 10.1 Å². The number of amides is 1. The fourth-order valence-corrected chi connectivity index (χ4v) is 5.62.